The molecule has 2 aromatic rings. The van der Waals surface area contributed by atoms with Gasteiger partial charge in [0, 0.05) is 30.6 Å². The van der Waals surface area contributed by atoms with Gasteiger partial charge in [-0.3, -0.25) is 9.79 Å². The normalized spacial score (nSPS) is 14.5. The van der Waals surface area contributed by atoms with Crippen molar-refractivity contribution >= 4 is 35.8 Å². The van der Waals surface area contributed by atoms with Gasteiger partial charge < -0.3 is 16.0 Å². The number of rotatable bonds is 8. The van der Waals surface area contributed by atoms with Crippen molar-refractivity contribution in [1.82, 2.24) is 16.0 Å². The Morgan fingerprint density at radius 3 is 2.31 bits per heavy atom. The highest BCUT2D eigenvalue weighted by Gasteiger charge is 2.45. The van der Waals surface area contributed by atoms with E-state index in [1.54, 1.807) is 18.2 Å². The molecule has 1 aliphatic rings. The number of hydrogen-bond donors (Lipinski definition) is 3. The lowest BCUT2D eigenvalue weighted by atomic mass is 9.95. The average Bonchev–Trinajstić information content (AvgIpc) is 3.51. The number of carbonyl (C=O) groups is 1. The first kappa shape index (κ1) is 23.1. The summed E-state index contributed by atoms with van der Waals surface area (Å²) in [7, 11) is 0. The molecule has 0 unspecified atom stereocenters. The van der Waals surface area contributed by atoms with Crippen LogP contribution in [0, 0.1) is 5.82 Å². The van der Waals surface area contributed by atoms with Gasteiger partial charge in [-0.1, -0.05) is 36.4 Å². The summed E-state index contributed by atoms with van der Waals surface area (Å²) >= 11 is 0. The Morgan fingerprint density at radius 2 is 1.66 bits per heavy atom. The van der Waals surface area contributed by atoms with Gasteiger partial charge in [0.15, 0.2) is 5.96 Å². The van der Waals surface area contributed by atoms with Gasteiger partial charge in [0.05, 0.1) is 6.54 Å². The second-order valence-electron chi connectivity index (χ2n) is 7.00. The summed E-state index contributed by atoms with van der Waals surface area (Å²) in [5.41, 5.74) is 1.21. The van der Waals surface area contributed by atoms with Crippen molar-refractivity contribution in [3.8, 4) is 0 Å². The summed E-state index contributed by atoms with van der Waals surface area (Å²) in [6.45, 7) is 4.31. The highest BCUT2D eigenvalue weighted by molar-refractivity contribution is 14.0. The molecule has 3 N–H and O–H groups in total. The van der Waals surface area contributed by atoms with Crippen LogP contribution in [0.1, 0.15) is 35.7 Å². The van der Waals surface area contributed by atoms with Crippen LogP contribution in [0.3, 0.4) is 0 Å². The molecule has 7 heteroatoms. The van der Waals surface area contributed by atoms with E-state index in [1.165, 1.54) is 6.07 Å². The van der Waals surface area contributed by atoms with E-state index >= 15 is 0 Å². The monoisotopic (exact) mass is 510 g/mol. The van der Waals surface area contributed by atoms with Crippen LogP contribution >= 0.6 is 24.0 Å². The van der Waals surface area contributed by atoms with Crippen molar-refractivity contribution in [2.24, 2.45) is 4.99 Å². The zero-order valence-corrected chi connectivity index (χ0v) is 18.9. The minimum Gasteiger partial charge on any atom is -0.357 e. The van der Waals surface area contributed by atoms with E-state index in [1.807, 2.05) is 37.3 Å². The largest absolute Gasteiger partial charge is 0.357 e. The molecule has 5 nitrogen and oxygen atoms in total. The first-order valence-electron chi connectivity index (χ1n) is 9.75. The summed E-state index contributed by atoms with van der Waals surface area (Å²) in [5.74, 6) is 0.427. The SMILES string of the molecule is CCNC(=NCC1(c2ccccc2F)CC1)NCCNC(=O)c1ccccc1.I. The Hall–Kier alpha value is -2.16. The summed E-state index contributed by atoms with van der Waals surface area (Å²) in [5, 5.41) is 9.31. The smallest absolute Gasteiger partial charge is 0.251 e. The number of amides is 1. The van der Waals surface area contributed by atoms with E-state index in [9.17, 15) is 9.18 Å². The van der Waals surface area contributed by atoms with Gasteiger partial charge in [0.2, 0.25) is 0 Å². The molecule has 0 saturated heterocycles. The fourth-order valence-corrected chi connectivity index (χ4v) is 3.18. The van der Waals surface area contributed by atoms with Crippen LogP contribution < -0.4 is 16.0 Å². The van der Waals surface area contributed by atoms with Crippen molar-refractivity contribution in [3.05, 3.63) is 71.5 Å². The van der Waals surface area contributed by atoms with Gasteiger partial charge in [-0.05, 0) is 43.5 Å². The predicted octanol–water partition coefficient (Wildman–Crippen LogP) is 3.46. The number of nitrogens with zero attached hydrogens (tertiary/aromatic N) is 1. The second kappa shape index (κ2) is 11.1. The zero-order chi connectivity index (χ0) is 19.8. The molecule has 1 saturated carbocycles. The molecule has 0 aromatic heterocycles. The van der Waals surface area contributed by atoms with Crippen LogP contribution in [0.2, 0.25) is 0 Å². The third-order valence-corrected chi connectivity index (χ3v) is 4.92. The Kier molecular flexibility index (Phi) is 8.88. The first-order chi connectivity index (χ1) is 13.6. The van der Waals surface area contributed by atoms with E-state index in [2.05, 4.69) is 20.9 Å². The molecule has 0 radical (unpaired) electrons. The average molecular weight is 510 g/mol. The first-order valence-corrected chi connectivity index (χ1v) is 9.75. The Bertz CT molecular complexity index is 825. The van der Waals surface area contributed by atoms with E-state index in [0.29, 0.717) is 31.2 Å². The quantitative estimate of drug-likeness (QED) is 0.221. The number of hydrogen-bond acceptors (Lipinski definition) is 2. The fraction of sp³-hybridized carbons (Fsp3) is 0.364. The van der Waals surface area contributed by atoms with Gasteiger partial charge in [-0.25, -0.2) is 4.39 Å². The van der Waals surface area contributed by atoms with Crippen LogP contribution in [0.15, 0.2) is 59.6 Å². The predicted molar refractivity (Wildman–Crippen MR) is 125 cm³/mol. The van der Waals surface area contributed by atoms with Crippen molar-refractivity contribution in [2.75, 3.05) is 26.2 Å². The molecule has 0 heterocycles. The Balaban J connectivity index is 0.00000300. The highest BCUT2D eigenvalue weighted by Crippen LogP contribution is 2.49. The molecule has 2 aromatic carbocycles. The number of guanidine groups is 1. The van der Waals surface area contributed by atoms with Crippen molar-refractivity contribution in [3.63, 3.8) is 0 Å². The topological polar surface area (TPSA) is 65.5 Å². The summed E-state index contributed by atoms with van der Waals surface area (Å²) < 4.78 is 14.1. The highest BCUT2D eigenvalue weighted by atomic mass is 127. The molecule has 0 aliphatic heterocycles. The number of halogens is 2. The molecule has 1 fully saturated rings. The molecule has 1 aliphatic carbocycles. The van der Waals surface area contributed by atoms with Gasteiger partial charge in [-0.2, -0.15) is 0 Å². The zero-order valence-electron chi connectivity index (χ0n) is 16.6. The van der Waals surface area contributed by atoms with E-state index in [4.69, 9.17) is 0 Å². The van der Waals surface area contributed by atoms with E-state index in [-0.39, 0.29) is 41.1 Å². The molecule has 1 amide bonds. The van der Waals surface area contributed by atoms with Crippen LogP contribution in [-0.2, 0) is 5.41 Å². The molecular formula is C22H28FIN4O. The van der Waals surface area contributed by atoms with Gasteiger partial charge >= 0.3 is 0 Å². The molecular weight excluding hydrogens is 482 g/mol. The van der Waals surface area contributed by atoms with Crippen molar-refractivity contribution < 1.29 is 9.18 Å². The van der Waals surface area contributed by atoms with Crippen LogP contribution in [0.5, 0.6) is 0 Å². The third kappa shape index (κ3) is 6.42. The molecule has 156 valence electrons. The molecule has 0 bridgehead atoms. The van der Waals surface area contributed by atoms with Crippen LogP contribution in [0.25, 0.3) is 0 Å². The van der Waals surface area contributed by atoms with Crippen LogP contribution in [-0.4, -0.2) is 38.0 Å². The lowest BCUT2D eigenvalue weighted by Gasteiger charge is -2.16. The fourth-order valence-electron chi connectivity index (χ4n) is 3.18. The maximum atomic E-state index is 14.1. The second-order valence-corrected chi connectivity index (χ2v) is 7.00. The molecule has 3 rings (SSSR count). The summed E-state index contributed by atoms with van der Waals surface area (Å²) in [6, 6.07) is 16.1. The number of carbonyl (C=O) groups excluding carboxylic acids is 1. The molecule has 0 spiro atoms. The molecule has 0 atom stereocenters. The Morgan fingerprint density at radius 1 is 1.00 bits per heavy atom. The van der Waals surface area contributed by atoms with Crippen molar-refractivity contribution in [2.45, 2.75) is 25.2 Å². The Labute approximate surface area is 188 Å². The van der Waals surface area contributed by atoms with Gasteiger partial charge in [0.25, 0.3) is 5.91 Å². The lowest BCUT2D eigenvalue weighted by molar-refractivity contribution is 0.0954. The maximum Gasteiger partial charge on any atom is 0.251 e. The van der Waals surface area contributed by atoms with Gasteiger partial charge in [0.1, 0.15) is 5.82 Å². The summed E-state index contributed by atoms with van der Waals surface area (Å²) in [6.07, 6.45) is 1.90. The van der Waals surface area contributed by atoms with Crippen LogP contribution in [0.4, 0.5) is 4.39 Å². The van der Waals surface area contributed by atoms with Crippen molar-refractivity contribution in [1.29, 1.82) is 0 Å². The van der Waals surface area contributed by atoms with E-state index < -0.39 is 0 Å². The summed E-state index contributed by atoms with van der Waals surface area (Å²) in [4.78, 5) is 16.7. The number of benzene rings is 2. The standard InChI is InChI=1S/C22H27FN4O.HI/c1-2-24-21(26-15-14-25-20(28)17-8-4-3-5-9-17)27-16-22(12-13-22)18-10-6-7-11-19(18)23;/h3-11H,2,12-16H2,1H3,(H,25,28)(H2,24,26,27);1H. The minimum atomic E-state index is -0.185. The minimum absolute atomic E-state index is 0. The van der Waals surface area contributed by atoms with E-state index in [0.717, 1.165) is 24.9 Å². The lowest BCUT2D eigenvalue weighted by Crippen LogP contribution is -2.42. The molecule has 29 heavy (non-hydrogen) atoms. The number of nitrogens with one attached hydrogen (secondary N) is 3. The third-order valence-electron chi connectivity index (χ3n) is 4.92. The van der Waals surface area contributed by atoms with Gasteiger partial charge in [-0.15, -0.1) is 24.0 Å². The maximum absolute atomic E-state index is 14.1. The number of aliphatic imine (C=N–C) groups is 1.